The van der Waals surface area contributed by atoms with Crippen LogP contribution in [-0.2, 0) is 4.79 Å². The van der Waals surface area contributed by atoms with Crippen molar-refractivity contribution in [3.05, 3.63) is 0 Å². The van der Waals surface area contributed by atoms with Gasteiger partial charge in [-0.25, -0.2) is 0 Å². The van der Waals surface area contributed by atoms with Crippen LogP contribution in [0.15, 0.2) is 4.99 Å². The third-order valence-electron chi connectivity index (χ3n) is 6.16. The molecule has 0 radical (unpaired) electrons. The molecule has 5 nitrogen and oxygen atoms in total. The van der Waals surface area contributed by atoms with Crippen LogP contribution in [0.2, 0.25) is 0 Å². The molecule has 1 atom stereocenters. The van der Waals surface area contributed by atoms with E-state index in [0.717, 1.165) is 38.6 Å². The standard InChI is InChI=1S/C20H36N4OS/c1-17-7-6-12-23(15-17)18(25)8-11-22-19(21-2)24-13-14-26-20(16-24)9-4-3-5-10-20/h17H,3-16H2,1-2H3,(H,21,22). The molecule has 2 heterocycles. The van der Waals surface area contributed by atoms with E-state index in [2.05, 4.69) is 33.9 Å². The molecule has 1 saturated carbocycles. The maximum atomic E-state index is 12.5. The molecule has 148 valence electrons. The van der Waals surface area contributed by atoms with E-state index in [1.54, 1.807) is 0 Å². The number of likely N-dealkylation sites (tertiary alicyclic amines) is 1. The molecule has 3 rings (SSSR count). The van der Waals surface area contributed by atoms with Crippen LogP contribution in [0.3, 0.4) is 0 Å². The number of nitrogens with one attached hydrogen (secondary N) is 1. The number of piperidine rings is 1. The highest BCUT2D eigenvalue weighted by Crippen LogP contribution is 2.42. The Labute approximate surface area is 163 Å². The van der Waals surface area contributed by atoms with Gasteiger partial charge in [0, 0.05) is 56.7 Å². The van der Waals surface area contributed by atoms with Crippen molar-refractivity contribution < 1.29 is 4.79 Å². The van der Waals surface area contributed by atoms with Gasteiger partial charge in [0.25, 0.3) is 0 Å². The van der Waals surface area contributed by atoms with Gasteiger partial charge in [0.1, 0.15) is 0 Å². The molecule has 1 spiro atoms. The maximum absolute atomic E-state index is 12.5. The van der Waals surface area contributed by atoms with E-state index in [9.17, 15) is 4.79 Å². The van der Waals surface area contributed by atoms with Crippen LogP contribution >= 0.6 is 11.8 Å². The lowest BCUT2D eigenvalue weighted by atomic mass is 9.87. The number of carbonyl (C=O) groups excluding carboxylic acids is 1. The second-order valence-electron chi connectivity index (χ2n) is 8.32. The van der Waals surface area contributed by atoms with Crippen molar-refractivity contribution in [1.29, 1.82) is 0 Å². The van der Waals surface area contributed by atoms with Gasteiger partial charge in [-0.1, -0.05) is 26.2 Å². The Hall–Kier alpha value is -0.910. The summed E-state index contributed by atoms with van der Waals surface area (Å²) in [5, 5.41) is 3.46. The van der Waals surface area contributed by atoms with Crippen LogP contribution in [-0.4, -0.2) is 71.9 Å². The van der Waals surface area contributed by atoms with Crippen molar-refractivity contribution in [2.24, 2.45) is 10.9 Å². The summed E-state index contributed by atoms with van der Waals surface area (Å²) in [6, 6.07) is 0. The van der Waals surface area contributed by atoms with Crippen molar-refractivity contribution in [1.82, 2.24) is 15.1 Å². The van der Waals surface area contributed by atoms with Crippen LogP contribution in [0.4, 0.5) is 0 Å². The van der Waals surface area contributed by atoms with Crippen LogP contribution in [0, 0.1) is 5.92 Å². The molecule has 1 N–H and O–H groups in total. The number of carbonyl (C=O) groups is 1. The Morgan fingerprint density at radius 1 is 1.19 bits per heavy atom. The minimum atomic E-state index is 0.289. The number of rotatable bonds is 3. The summed E-state index contributed by atoms with van der Waals surface area (Å²) >= 11 is 2.18. The van der Waals surface area contributed by atoms with Crippen molar-refractivity contribution in [3.8, 4) is 0 Å². The first-order valence-corrected chi connectivity index (χ1v) is 11.5. The van der Waals surface area contributed by atoms with Gasteiger partial charge in [0.2, 0.25) is 5.91 Å². The summed E-state index contributed by atoms with van der Waals surface area (Å²) in [4.78, 5) is 21.4. The second-order valence-corrected chi connectivity index (χ2v) is 9.89. The lowest BCUT2D eigenvalue weighted by Gasteiger charge is -2.45. The average molecular weight is 381 g/mol. The van der Waals surface area contributed by atoms with E-state index in [4.69, 9.17) is 0 Å². The molecule has 0 aromatic heterocycles. The summed E-state index contributed by atoms with van der Waals surface area (Å²) in [7, 11) is 1.87. The lowest BCUT2D eigenvalue weighted by molar-refractivity contribution is -0.132. The van der Waals surface area contributed by atoms with Gasteiger partial charge in [-0.15, -0.1) is 0 Å². The lowest BCUT2D eigenvalue weighted by Crippen LogP contribution is -2.53. The van der Waals surface area contributed by atoms with E-state index in [0.29, 0.717) is 23.6 Å². The number of aliphatic imine (C=N–C) groups is 1. The molecule has 0 aromatic carbocycles. The van der Waals surface area contributed by atoms with Gasteiger partial charge >= 0.3 is 0 Å². The molecule has 1 aliphatic carbocycles. The van der Waals surface area contributed by atoms with E-state index in [1.165, 1.54) is 44.3 Å². The molecule has 26 heavy (non-hydrogen) atoms. The summed E-state index contributed by atoms with van der Waals surface area (Å²) < 4.78 is 0.438. The molecule has 1 unspecified atom stereocenters. The zero-order valence-corrected chi connectivity index (χ0v) is 17.5. The number of thioether (sulfide) groups is 1. The third kappa shape index (κ3) is 5.08. The van der Waals surface area contributed by atoms with E-state index >= 15 is 0 Å². The molecule has 2 aliphatic heterocycles. The molecule has 2 saturated heterocycles. The fourth-order valence-corrected chi connectivity index (χ4v) is 6.28. The second kappa shape index (κ2) is 9.34. The largest absolute Gasteiger partial charge is 0.356 e. The summed E-state index contributed by atoms with van der Waals surface area (Å²) in [6.45, 7) is 6.96. The summed E-state index contributed by atoms with van der Waals surface area (Å²) in [6.07, 6.45) is 9.80. The highest BCUT2D eigenvalue weighted by molar-refractivity contribution is 8.00. The zero-order chi connectivity index (χ0) is 18.4. The third-order valence-corrected chi connectivity index (χ3v) is 7.69. The van der Waals surface area contributed by atoms with Gasteiger partial charge in [-0.05, 0) is 31.6 Å². The first-order valence-electron chi connectivity index (χ1n) is 10.5. The quantitative estimate of drug-likeness (QED) is 0.604. The first kappa shape index (κ1) is 19.8. The van der Waals surface area contributed by atoms with Crippen molar-refractivity contribution in [3.63, 3.8) is 0 Å². The van der Waals surface area contributed by atoms with Crippen LogP contribution < -0.4 is 5.32 Å². The average Bonchev–Trinajstić information content (AvgIpc) is 2.66. The predicted molar refractivity (Wildman–Crippen MR) is 111 cm³/mol. The van der Waals surface area contributed by atoms with Crippen LogP contribution in [0.5, 0.6) is 0 Å². The van der Waals surface area contributed by atoms with Gasteiger partial charge in [0.15, 0.2) is 5.96 Å². The minimum Gasteiger partial charge on any atom is -0.356 e. The van der Waals surface area contributed by atoms with Crippen LogP contribution in [0.1, 0.15) is 58.3 Å². The monoisotopic (exact) mass is 380 g/mol. The summed E-state index contributed by atoms with van der Waals surface area (Å²) in [5.74, 6) is 3.10. The molecule has 0 bridgehead atoms. The molecule has 6 heteroatoms. The highest BCUT2D eigenvalue weighted by atomic mass is 32.2. The molecule has 1 amide bonds. The Morgan fingerprint density at radius 2 is 2.00 bits per heavy atom. The fourth-order valence-electron chi connectivity index (χ4n) is 4.71. The number of nitrogens with zero attached hydrogens (tertiary/aromatic N) is 3. The van der Waals surface area contributed by atoms with Gasteiger partial charge < -0.3 is 15.1 Å². The van der Waals surface area contributed by atoms with Gasteiger partial charge in [-0.3, -0.25) is 9.79 Å². The number of amides is 1. The predicted octanol–water partition coefficient (Wildman–Crippen LogP) is 2.96. The fraction of sp³-hybridized carbons (Fsp3) is 0.900. The minimum absolute atomic E-state index is 0.289. The van der Waals surface area contributed by atoms with Gasteiger partial charge in [0.05, 0.1) is 0 Å². The highest BCUT2D eigenvalue weighted by Gasteiger charge is 2.38. The van der Waals surface area contributed by atoms with E-state index in [-0.39, 0.29) is 5.91 Å². The Kier molecular flexibility index (Phi) is 7.12. The Morgan fingerprint density at radius 3 is 2.73 bits per heavy atom. The number of guanidine groups is 1. The topological polar surface area (TPSA) is 47.9 Å². The Bertz CT molecular complexity index is 499. The summed E-state index contributed by atoms with van der Waals surface area (Å²) in [5.41, 5.74) is 0. The molecular formula is C20H36N4OS. The van der Waals surface area contributed by atoms with Crippen molar-refractivity contribution >= 4 is 23.6 Å². The van der Waals surface area contributed by atoms with Crippen molar-refractivity contribution in [2.75, 3.05) is 45.5 Å². The maximum Gasteiger partial charge on any atom is 0.224 e. The number of hydrogen-bond acceptors (Lipinski definition) is 3. The molecule has 0 aromatic rings. The normalized spacial score (nSPS) is 26.8. The Balaban J connectivity index is 1.46. The molecule has 3 fully saturated rings. The first-order chi connectivity index (χ1) is 12.6. The SMILES string of the molecule is CN=C(NCCC(=O)N1CCCC(C)C1)N1CCSC2(CCCCC2)C1. The number of hydrogen-bond donors (Lipinski definition) is 1. The smallest absolute Gasteiger partial charge is 0.224 e. The van der Waals surface area contributed by atoms with Gasteiger partial charge in [-0.2, -0.15) is 11.8 Å². The molecule has 3 aliphatic rings. The van der Waals surface area contributed by atoms with E-state index < -0.39 is 0 Å². The van der Waals surface area contributed by atoms with Crippen LogP contribution in [0.25, 0.3) is 0 Å². The van der Waals surface area contributed by atoms with E-state index in [1.807, 2.05) is 11.9 Å². The van der Waals surface area contributed by atoms with Crippen molar-refractivity contribution in [2.45, 2.75) is 63.0 Å². The molecular weight excluding hydrogens is 344 g/mol. The zero-order valence-electron chi connectivity index (χ0n) is 16.6.